The second kappa shape index (κ2) is 7.64. The van der Waals surface area contributed by atoms with Crippen LogP contribution in [0.2, 0.25) is 0 Å². The maximum atomic E-state index is 14.2. The van der Waals surface area contributed by atoms with E-state index in [1.807, 2.05) is 18.7 Å². The molecule has 1 aromatic rings. The number of hydrogen-bond acceptors (Lipinski definition) is 3. The summed E-state index contributed by atoms with van der Waals surface area (Å²) in [5, 5.41) is 15.4. The fourth-order valence-corrected chi connectivity index (χ4v) is 2.72. The molecule has 23 heavy (non-hydrogen) atoms. The summed E-state index contributed by atoms with van der Waals surface area (Å²) in [5.74, 6) is -0.330. The number of benzene rings is 1. The van der Waals surface area contributed by atoms with Crippen molar-refractivity contribution in [1.29, 1.82) is 0 Å². The summed E-state index contributed by atoms with van der Waals surface area (Å²) in [6.07, 6.45) is 3.28. The Bertz CT molecular complexity index is 541. The highest BCUT2D eigenvalue weighted by Gasteiger charge is 2.23. The lowest BCUT2D eigenvalue weighted by molar-refractivity contribution is 0.0354. The molecule has 1 aliphatic heterocycles. The molecule has 1 aromatic carbocycles. The zero-order valence-corrected chi connectivity index (χ0v) is 13.9. The van der Waals surface area contributed by atoms with Crippen LogP contribution in [-0.2, 0) is 0 Å². The van der Waals surface area contributed by atoms with E-state index in [4.69, 9.17) is 0 Å². The molecule has 1 fully saturated rings. The van der Waals surface area contributed by atoms with Gasteiger partial charge in [-0.25, -0.2) is 9.18 Å². The number of halogens is 1. The van der Waals surface area contributed by atoms with Crippen molar-refractivity contribution in [3.05, 3.63) is 24.0 Å². The van der Waals surface area contributed by atoms with E-state index in [-0.39, 0.29) is 12.4 Å². The predicted octanol–water partition coefficient (Wildman–Crippen LogP) is 3.10. The van der Waals surface area contributed by atoms with Crippen LogP contribution in [0.5, 0.6) is 0 Å². The molecular formula is C17H26FN3O2. The summed E-state index contributed by atoms with van der Waals surface area (Å²) in [7, 11) is 0. The molecule has 0 unspecified atom stereocenters. The Balaban J connectivity index is 1.92. The average molecular weight is 323 g/mol. The topological polar surface area (TPSA) is 64.6 Å². The van der Waals surface area contributed by atoms with Gasteiger partial charge in [-0.3, -0.25) is 0 Å². The van der Waals surface area contributed by atoms with E-state index in [1.54, 1.807) is 12.1 Å². The van der Waals surface area contributed by atoms with Crippen molar-refractivity contribution in [3.8, 4) is 0 Å². The van der Waals surface area contributed by atoms with E-state index in [0.29, 0.717) is 24.2 Å². The Hall–Kier alpha value is -1.82. The number of aliphatic hydroxyl groups is 1. The number of urea groups is 1. The summed E-state index contributed by atoms with van der Waals surface area (Å²) < 4.78 is 14.2. The molecule has 1 aliphatic rings. The third-order valence-electron chi connectivity index (χ3n) is 4.55. The average Bonchev–Trinajstić information content (AvgIpc) is 3.07. The van der Waals surface area contributed by atoms with Crippen molar-refractivity contribution < 1.29 is 14.3 Å². The van der Waals surface area contributed by atoms with E-state index < -0.39 is 11.6 Å². The maximum Gasteiger partial charge on any atom is 0.319 e. The summed E-state index contributed by atoms with van der Waals surface area (Å²) in [5.41, 5.74) is 0.0849. The zero-order chi connectivity index (χ0) is 16.9. The lowest BCUT2D eigenvalue weighted by Gasteiger charge is -2.25. The number of hydrogen-bond donors (Lipinski definition) is 3. The molecule has 0 atom stereocenters. The Morgan fingerprint density at radius 3 is 2.52 bits per heavy atom. The van der Waals surface area contributed by atoms with Crippen molar-refractivity contribution >= 4 is 17.4 Å². The Kier molecular flexibility index (Phi) is 5.82. The smallest absolute Gasteiger partial charge is 0.319 e. The number of amides is 2. The highest BCUT2D eigenvalue weighted by Crippen LogP contribution is 2.26. The van der Waals surface area contributed by atoms with E-state index in [9.17, 15) is 14.3 Å². The molecule has 0 radical (unpaired) electrons. The van der Waals surface area contributed by atoms with Crippen molar-refractivity contribution in [2.75, 3.05) is 29.9 Å². The van der Waals surface area contributed by atoms with Gasteiger partial charge in [0.1, 0.15) is 5.82 Å². The fraction of sp³-hybridized carbons (Fsp3) is 0.588. The summed E-state index contributed by atoms with van der Waals surface area (Å²) in [6.45, 7) is 5.65. The molecule has 1 saturated heterocycles. The van der Waals surface area contributed by atoms with Crippen LogP contribution in [-0.4, -0.2) is 36.4 Å². The van der Waals surface area contributed by atoms with E-state index in [2.05, 4.69) is 10.6 Å². The summed E-state index contributed by atoms with van der Waals surface area (Å²) in [6, 6.07) is 4.28. The largest absolute Gasteiger partial charge is 0.388 e. The molecule has 2 rings (SSSR count). The van der Waals surface area contributed by atoms with Gasteiger partial charge in [-0.2, -0.15) is 0 Å². The number of carbonyl (C=O) groups is 1. The molecule has 5 nitrogen and oxygen atoms in total. The third-order valence-corrected chi connectivity index (χ3v) is 4.55. The molecule has 1 heterocycles. The van der Waals surface area contributed by atoms with Gasteiger partial charge in [0.05, 0.1) is 11.3 Å². The van der Waals surface area contributed by atoms with Gasteiger partial charge in [0.25, 0.3) is 0 Å². The standard InChI is InChI=1S/C17H26FN3O2/c1-3-17(23,4-2)12-19-16(22)20-13-7-8-15(14(18)11-13)21-9-5-6-10-21/h7-8,11,23H,3-6,9-10,12H2,1-2H3,(H2,19,20,22). The number of nitrogens with zero attached hydrogens (tertiary/aromatic N) is 1. The second-order valence-electron chi connectivity index (χ2n) is 6.10. The Labute approximate surface area is 136 Å². The van der Waals surface area contributed by atoms with Crippen LogP contribution in [0.3, 0.4) is 0 Å². The number of carbonyl (C=O) groups excluding carboxylic acids is 1. The SMILES string of the molecule is CCC(O)(CC)CNC(=O)Nc1ccc(N2CCCC2)c(F)c1. The third kappa shape index (κ3) is 4.58. The second-order valence-corrected chi connectivity index (χ2v) is 6.10. The highest BCUT2D eigenvalue weighted by molar-refractivity contribution is 5.89. The molecule has 2 amide bonds. The van der Waals surface area contributed by atoms with Crippen LogP contribution in [0.4, 0.5) is 20.6 Å². The first-order valence-corrected chi connectivity index (χ1v) is 8.29. The van der Waals surface area contributed by atoms with Gasteiger partial charge in [-0.1, -0.05) is 13.8 Å². The van der Waals surface area contributed by atoms with Gasteiger partial charge in [-0.05, 0) is 43.9 Å². The monoisotopic (exact) mass is 323 g/mol. The molecule has 3 N–H and O–H groups in total. The van der Waals surface area contributed by atoms with Gasteiger partial charge in [-0.15, -0.1) is 0 Å². The van der Waals surface area contributed by atoms with E-state index >= 15 is 0 Å². The summed E-state index contributed by atoms with van der Waals surface area (Å²) in [4.78, 5) is 13.9. The minimum Gasteiger partial charge on any atom is -0.388 e. The number of anilines is 2. The number of nitrogens with one attached hydrogen (secondary N) is 2. The molecule has 0 spiro atoms. The van der Waals surface area contributed by atoms with Crippen molar-refractivity contribution in [2.45, 2.75) is 45.1 Å². The first-order valence-electron chi connectivity index (χ1n) is 8.29. The Morgan fingerprint density at radius 1 is 1.30 bits per heavy atom. The van der Waals surface area contributed by atoms with Crippen molar-refractivity contribution in [3.63, 3.8) is 0 Å². The first-order chi connectivity index (χ1) is 11.0. The fourth-order valence-electron chi connectivity index (χ4n) is 2.72. The van der Waals surface area contributed by atoms with E-state index in [1.165, 1.54) is 6.07 Å². The van der Waals surface area contributed by atoms with Crippen LogP contribution >= 0.6 is 0 Å². The van der Waals surface area contributed by atoms with Gasteiger partial charge < -0.3 is 20.6 Å². The molecule has 0 saturated carbocycles. The normalized spacial score (nSPS) is 14.9. The van der Waals surface area contributed by atoms with Crippen LogP contribution < -0.4 is 15.5 Å². The van der Waals surface area contributed by atoms with Crippen molar-refractivity contribution in [2.24, 2.45) is 0 Å². The lowest BCUT2D eigenvalue weighted by Crippen LogP contribution is -2.43. The van der Waals surface area contributed by atoms with Gasteiger partial charge in [0.2, 0.25) is 0 Å². The maximum absolute atomic E-state index is 14.2. The zero-order valence-electron chi connectivity index (χ0n) is 13.9. The van der Waals surface area contributed by atoms with E-state index in [0.717, 1.165) is 25.9 Å². The predicted molar refractivity (Wildman–Crippen MR) is 90.4 cm³/mol. The molecule has 128 valence electrons. The molecule has 6 heteroatoms. The molecule has 0 bridgehead atoms. The van der Waals surface area contributed by atoms with Crippen LogP contribution in [0.15, 0.2) is 18.2 Å². The highest BCUT2D eigenvalue weighted by atomic mass is 19.1. The number of rotatable bonds is 6. The Morgan fingerprint density at radius 2 is 1.96 bits per heavy atom. The lowest BCUT2D eigenvalue weighted by atomic mass is 9.98. The van der Waals surface area contributed by atoms with Gasteiger partial charge >= 0.3 is 6.03 Å². The molecule has 0 aromatic heterocycles. The van der Waals surface area contributed by atoms with Crippen LogP contribution in [0.1, 0.15) is 39.5 Å². The minimum absolute atomic E-state index is 0.167. The summed E-state index contributed by atoms with van der Waals surface area (Å²) >= 11 is 0. The molecule has 0 aliphatic carbocycles. The quantitative estimate of drug-likeness (QED) is 0.754. The first kappa shape index (κ1) is 17.5. The van der Waals surface area contributed by atoms with Gasteiger partial charge in [0, 0.05) is 25.3 Å². The van der Waals surface area contributed by atoms with Crippen LogP contribution in [0.25, 0.3) is 0 Å². The molecular weight excluding hydrogens is 297 g/mol. The van der Waals surface area contributed by atoms with Crippen molar-refractivity contribution in [1.82, 2.24) is 5.32 Å². The minimum atomic E-state index is -0.901. The van der Waals surface area contributed by atoms with Gasteiger partial charge in [0.15, 0.2) is 0 Å². The van der Waals surface area contributed by atoms with Crippen LogP contribution in [0, 0.1) is 5.82 Å².